The fraction of sp³-hybridized carbons (Fsp3) is 1.00. The van der Waals surface area contributed by atoms with Gasteiger partial charge in [-0.15, -0.1) is 0 Å². The van der Waals surface area contributed by atoms with Gasteiger partial charge in [-0.1, -0.05) is 13.8 Å². The van der Waals surface area contributed by atoms with Gasteiger partial charge in [0.15, 0.2) is 0 Å². The molecule has 0 radical (unpaired) electrons. The minimum atomic E-state index is -0.182. The largest absolute Gasteiger partial charge is 0.396 e. The summed E-state index contributed by atoms with van der Waals surface area (Å²) in [4.78, 5) is 0. The second-order valence-corrected chi connectivity index (χ2v) is 6.33. The number of hydrogen-bond acceptors (Lipinski definition) is 2. The molecule has 15 heavy (non-hydrogen) atoms. The molecule has 0 bridgehead atoms. The minimum absolute atomic E-state index is 0.138. The number of hydrogen-bond donors (Lipinski definition) is 2. The summed E-state index contributed by atoms with van der Waals surface area (Å²) in [6, 6.07) is 0. The Morgan fingerprint density at radius 2 is 1.73 bits per heavy atom. The van der Waals surface area contributed by atoms with Crippen LogP contribution in [0.2, 0.25) is 0 Å². The quantitative estimate of drug-likeness (QED) is 0.757. The summed E-state index contributed by atoms with van der Waals surface area (Å²) in [5, 5.41) is 9.26. The third-order valence-electron chi connectivity index (χ3n) is 4.24. The molecule has 0 aromatic rings. The number of rotatable bonds is 3. The van der Waals surface area contributed by atoms with E-state index in [1.54, 1.807) is 0 Å². The van der Waals surface area contributed by atoms with E-state index >= 15 is 0 Å². The molecule has 0 aromatic carbocycles. The van der Waals surface area contributed by atoms with Crippen LogP contribution in [0.25, 0.3) is 0 Å². The van der Waals surface area contributed by atoms with Gasteiger partial charge in [-0.2, -0.15) is 0 Å². The summed E-state index contributed by atoms with van der Waals surface area (Å²) in [6.45, 7) is 9.13. The Hall–Kier alpha value is -0.0800. The maximum Gasteiger partial charge on any atom is 0.0437 e. The van der Waals surface area contributed by atoms with Crippen molar-refractivity contribution in [2.45, 2.75) is 58.9 Å². The Balaban J connectivity index is 2.89. The van der Waals surface area contributed by atoms with Crippen LogP contribution >= 0.6 is 0 Å². The molecule has 1 saturated carbocycles. The minimum Gasteiger partial charge on any atom is -0.396 e. The fourth-order valence-electron chi connectivity index (χ4n) is 3.54. The molecule has 0 aliphatic heterocycles. The van der Waals surface area contributed by atoms with Gasteiger partial charge in [0.2, 0.25) is 0 Å². The maximum absolute atomic E-state index is 9.26. The lowest BCUT2D eigenvalue weighted by molar-refractivity contribution is 0.0125. The van der Waals surface area contributed by atoms with Crippen LogP contribution in [0.4, 0.5) is 0 Å². The molecular weight excluding hydrogens is 186 g/mol. The monoisotopic (exact) mass is 213 g/mol. The molecule has 90 valence electrons. The highest BCUT2D eigenvalue weighted by molar-refractivity contribution is 5.00. The predicted molar refractivity (Wildman–Crippen MR) is 64.6 cm³/mol. The molecule has 0 amide bonds. The second kappa shape index (κ2) is 4.42. The van der Waals surface area contributed by atoms with Crippen molar-refractivity contribution in [3.05, 3.63) is 0 Å². The van der Waals surface area contributed by atoms with Gasteiger partial charge >= 0.3 is 0 Å². The highest BCUT2D eigenvalue weighted by Crippen LogP contribution is 2.50. The van der Waals surface area contributed by atoms with Gasteiger partial charge in [0.05, 0.1) is 0 Å². The summed E-state index contributed by atoms with van der Waals surface area (Å²) >= 11 is 0. The van der Waals surface area contributed by atoms with Crippen molar-refractivity contribution in [1.29, 1.82) is 0 Å². The Kier molecular flexibility index (Phi) is 3.83. The normalized spacial score (nSPS) is 38.0. The molecule has 1 rings (SSSR count). The Morgan fingerprint density at radius 1 is 1.27 bits per heavy atom. The molecule has 2 nitrogen and oxygen atoms in total. The van der Waals surface area contributed by atoms with Crippen LogP contribution in [0.1, 0.15) is 53.4 Å². The van der Waals surface area contributed by atoms with Crippen molar-refractivity contribution >= 4 is 0 Å². The first-order chi connectivity index (χ1) is 6.81. The van der Waals surface area contributed by atoms with E-state index in [4.69, 9.17) is 5.73 Å². The summed E-state index contributed by atoms with van der Waals surface area (Å²) in [5.74, 6) is 1.48. The molecule has 0 heterocycles. The predicted octanol–water partition coefficient (Wildman–Crippen LogP) is 2.55. The number of aliphatic hydroxyl groups is 1. The first-order valence-corrected chi connectivity index (χ1v) is 6.20. The van der Waals surface area contributed by atoms with Crippen LogP contribution in [-0.2, 0) is 0 Å². The van der Waals surface area contributed by atoms with Crippen molar-refractivity contribution < 1.29 is 5.11 Å². The van der Waals surface area contributed by atoms with Crippen LogP contribution in [0.5, 0.6) is 0 Å². The Labute approximate surface area is 94.2 Å². The standard InChI is InChI=1S/C13H27NO/c1-10-7-11(2)9-13(8-10,5-6-15)12(3,4)14/h10-11,15H,5-9,14H2,1-4H3. The molecule has 2 atom stereocenters. The first kappa shape index (κ1) is 13.0. The zero-order valence-corrected chi connectivity index (χ0v) is 10.7. The van der Waals surface area contributed by atoms with E-state index in [0.717, 1.165) is 18.3 Å². The van der Waals surface area contributed by atoms with Gasteiger partial charge in [-0.05, 0) is 56.8 Å². The van der Waals surface area contributed by atoms with Gasteiger partial charge in [0.25, 0.3) is 0 Å². The molecule has 0 spiro atoms. The number of aliphatic hydroxyl groups excluding tert-OH is 1. The van der Waals surface area contributed by atoms with Crippen molar-refractivity contribution in [1.82, 2.24) is 0 Å². The van der Waals surface area contributed by atoms with Crippen molar-refractivity contribution in [3.8, 4) is 0 Å². The molecule has 1 fully saturated rings. The van der Waals surface area contributed by atoms with Crippen LogP contribution in [-0.4, -0.2) is 17.3 Å². The van der Waals surface area contributed by atoms with E-state index in [1.807, 2.05) is 0 Å². The Bertz CT molecular complexity index is 197. The lowest BCUT2D eigenvalue weighted by Gasteiger charge is -2.51. The zero-order valence-electron chi connectivity index (χ0n) is 10.7. The molecular formula is C13H27NO. The number of nitrogens with two attached hydrogens (primary N) is 1. The Morgan fingerprint density at radius 3 is 2.07 bits per heavy atom. The molecule has 3 N–H and O–H groups in total. The van der Waals surface area contributed by atoms with Crippen LogP contribution in [0.3, 0.4) is 0 Å². The highest BCUT2D eigenvalue weighted by atomic mass is 16.3. The van der Waals surface area contributed by atoms with Crippen molar-refractivity contribution in [3.63, 3.8) is 0 Å². The van der Waals surface area contributed by atoms with E-state index in [-0.39, 0.29) is 17.6 Å². The molecule has 2 heteroatoms. The van der Waals surface area contributed by atoms with Crippen molar-refractivity contribution in [2.24, 2.45) is 23.0 Å². The third-order valence-corrected chi connectivity index (χ3v) is 4.24. The molecule has 1 aliphatic carbocycles. The smallest absolute Gasteiger partial charge is 0.0437 e. The van der Waals surface area contributed by atoms with Gasteiger partial charge in [-0.3, -0.25) is 0 Å². The van der Waals surface area contributed by atoms with Crippen LogP contribution < -0.4 is 5.73 Å². The van der Waals surface area contributed by atoms with E-state index in [0.29, 0.717) is 0 Å². The summed E-state index contributed by atoms with van der Waals surface area (Å²) < 4.78 is 0. The van der Waals surface area contributed by atoms with E-state index in [1.165, 1.54) is 19.3 Å². The summed E-state index contributed by atoms with van der Waals surface area (Å²) in [7, 11) is 0. The lowest BCUT2D eigenvalue weighted by Crippen LogP contribution is -2.54. The first-order valence-electron chi connectivity index (χ1n) is 6.20. The van der Waals surface area contributed by atoms with E-state index in [2.05, 4.69) is 27.7 Å². The molecule has 2 unspecified atom stereocenters. The van der Waals surface area contributed by atoms with Gasteiger partial charge in [0, 0.05) is 12.1 Å². The van der Waals surface area contributed by atoms with Crippen LogP contribution in [0.15, 0.2) is 0 Å². The average Bonchev–Trinajstić information content (AvgIpc) is 1.99. The lowest BCUT2D eigenvalue weighted by atomic mass is 9.57. The maximum atomic E-state index is 9.26. The summed E-state index contributed by atoms with van der Waals surface area (Å²) in [5.41, 5.74) is 6.30. The topological polar surface area (TPSA) is 46.2 Å². The van der Waals surface area contributed by atoms with Gasteiger partial charge < -0.3 is 10.8 Å². The third kappa shape index (κ3) is 2.73. The molecule has 1 aliphatic rings. The molecule has 0 saturated heterocycles. The fourth-order valence-corrected chi connectivity index (χ4v) is 3.54. The van der Waals surface area contributed by atoms with E-state index < -0.39 is 0 Å². The van der Waals surface area contributed by atoms with E-state index in [9.17, 15) is 5.11 Å². The highest BCUT2D eigenvalue weighted by Gasteiger charge is 2.46. The average molecular weight is 213 g/mol. The second-order valence-electron chi connectivity index (χ2n) is 6.33. The van der Waals surface area contributed by atoms with Crippen LogP contribution in [0, 0.1) is 17.3 Å². The van der Waals surface area contributed by atoms with Crippen molar-refractivity contribution in [2.75, 3.05) is 6.61 Å². The molecule has 0 aromatic heterocycles. The van der Waals surface area contributed by atoms with Gasteiger partial charge in [-0.25, -0.2) is 0 Å². The summed E-state index contributed by atoms with van der Waals surface area (Å²) in [6.07, 6.45) is 4.50. The zero-order chi connectivity index (χ0) is 11.7. The SMILES string of the molecule is CC1CC(C)CC(CCO)(C(C)(C)N)C1. The van der Waals surface area contributed by atoms with Gasteiger partial charge in [0.1, 0.15) is 0 Å².